The van der Waals surface area contributed by atoms with Crippen molar-refractivity contribution < 1.29 is 9.84 Å². The van der Waals surface area contributed by atoms with Crippen LogP contribution in [-0.2, 0) is 6.42 Å². The van der Waals surface area contributed by atoms with E-state index in [0.29, 0.717) is 17.8 Å². The molecule has 1 aliphatic rings. The van der Waals surface area contributed by atoms with Gasteiger partial charge in [-0.05, 0) is 10.6 Å². The molecule has 0 saturated carbocycles. The molecule has 0 unspecified atom stereocenters. The highest BCUT2D eigenvalue weighted by Gasteiger charge is 2.33. The molecule has 1 heterocycles. The van der Waals surface area contributed by atoms with Crippen molar-refractivity contribution in [3.63, 3.8) is 0 Å². The fourth-order valence-corrected chi connectivity index (χ4v) is 1.68. The maximum absolute atomic E-state index is 8.77. The van der Waals surface area contributed by atoms with Crippen LogP contribution in [0.15, 0.2) is 9.78 Å². The van der Waals surface area contributed by atoms with Gasteiger partial charge in [-0.2, -0.15) is 0 Å². The van der Waals surface area contributed by atoms with E-state index >= 15 is 0 Å². The summed E-state index contributed by atoms with van der Waals surface area (Å²) >= 11 is 0. The minimum Gasteiger partial charge on any atom is -0.411 e. The second kappa shape index (κ2) is 2.55. The van der Waals surface area contributed by atoms with E-state index in [9.17, 15) is 0 Å². The third-order valence-corrected chi connectivity index (χ3v) is 2.24. The van der Waals surface area contributed by atoms with Crippen molar-refractivity contribution in [1.29, 1.82) is 0 Å². The maximum atomic E-state index is 8.77. The molecule has 0 atom stereocenters. The van der Waals surface area contributed by atoms with Gasteiger partial charge < -0.3 is 5.21 Å². The van der Waals surface area contributed by atoms with Crippen LogP contribution in [0.5, 0.6) is 0 Å². The minimum absolute atomic E-state index is 0.0626. The first kappa shape index (κ1) is 8.22. The molecule has 0 spiro atoms. The molecule has 70 valence electrons. The number of hydrogen-bond donors (Lipinski definition) is 1. The van der Waals surface area contributed by atoms with E-state index in [4.69, 9.17) is 5.21 Å². The molecule has 0 bridgehead atoms. The van der Waals surface area contributed by atoms with Crippen molar-refractivity contribution in [3.8, 4) is 0 Å². The summed E-state index contributed by atoms with van der Waals surface area (Å²) in [7, 11) is 0. The molecule has 0 fully saturated rings. The van der Waals surface area contributed by atoms with Gasteiger partial charge in [-0.1, -0.05) is 24.2 Å². The summed E-state index contributed by atoms with van der Waals surface area (Å²) in [4.78, 5) is 0. The summed E-state index contributed by atoms with van der Waals surface area (Å²) in [5.41, 5.74) is 2.01. The summed E-state index contributed by atoms with van der Waals surface area (Å²) in [5, 5.41) is 19.4. The zero-order valence-corrected chi connectivity index (χ0v) is 7.61. The molecule has 1 aromatic rings. The first-order valence-corrected chi connectivity index (χ1v) is 4.15. The number of oxime groups is 1. The van der Waals surface area contributed by atoms with E-state index in [0.717, 1.165) is 12.1 Å². The number of hydrogen-bond acceptors (Lipinski definition) is 5. The number of rotatable bonds is 0. The van der Waals surface area contributed by atoms with Gasteiger partial charge >= 0.3 is 0 Å². The van der Waals surface area contributed by atoms with Crippen LogP contribution in [-0.4, -0.2) is 21.2 Å². The van der Waals surface area contributed by atoms with Gasteiger partial charge in [0.05, 0.1) is 0 Å². The molecule has 0 radical (unpaired) electrons. The molecule has 5 nitrogen and oxygen atoms in total. The predicted octanol–water partition coefficient (Wildman–Crippen LogP) is 1.22. The Morgan fingerprint density at radius 2 is 2.15 bits per heavy atom. The fraction of sp³-hybridized carbons (Fsp3) is 0.625. The average Bonchev–Trinajstić information content (AvgIpc) is 2.48. The number of fused-ring (bicyclic) bond motifs is 1. The third-order valence-electron chi connectivity index (χ3n) is 2.24. The molecule has 1 aromatic heterocycles. The van der Waals surface area contributed by atoms with E-state index in [1.54, 1.807) is 0 Å². The van der Waals surface area contributed by atoms with Crippen LogP contribution in [0.25, 0.3) is 0 Å². The molecule has 0 amide bonds. The molecule has 2 rings (SSSR count). The van der Waals surface area contributed by atoms with Crippen LogP contribution in [0.3, 0.4) is 0 Å². The van der Waals surface area contributed by atoms with Crippen LogP contribution in [0.1, 0.15) is 31.7 Å². The highest BCUT2D eigenvalue weighted by atomic mass is 16.6. The molecule has 0 saturated heterocycles. The molecule has 0 aromatic carbocycles. The SMILES string of the molecule is CC1(C)C/C(=N\O)c2nonc2C1. The van der Waals surface area contributed by atoms with Crippen molar-refractivity contribution in [2.75, 3.05) is 0 Å². The monoisotopic (exact) mass is 181 g/mol. The van der Waals surface area contributed by atoms with E-state index in [1.165, 1.54) is 0 Å². The lowest BCUT2D eigenvalue weighted by molar-refractivity contribution is 0.296. The Morgan fingerprint density at radius 3 is 2.85 bits per heavy atom. The zero-order valence-electron chi connectivity index (χ0n) is 7.61. The lowest BCUT2D eigenvalue weighted by atomic mass is 9.77. The van der Waals surface area contributed by atoms with Gasteiger partial charge in [0, 0.05) is 12.8 Å². The highest BCUT2D eigenvalue weighted by Crippen LogP contribution is 2.33. The van der Waals surface area contributed by atoms with Crippen LogP contribution < -0.4 is 0 Å². The summed E-state index contributed by atoms with van der Waals surface area (Å²) in [5.74, 6) is 0. The minimum atomic E-state index is 0.0626. The fourth-order valence-electron chi connectivity index (χ4n) is 1.68. The lowest BCUT2D eigenvalue weighted by Gasteiger charge is -2.27. The van der Waals surface area contributed by atoms with Crippen molar-refractivity contribution in [2.45, 2.75) is 26.7 Å². The predicted molar refractivity (Wildman–Crippen MR) is 44.7 cm³/mol. The second-order valence-corrected chi connectivity index (χ2v) is 4.12. The molecule has 1 aliphatic carbocycles. The standard InChI is InChI=1S/C8H11N3O2/c1-8(2)3-5(9-12)7-6(4-8)10-13-11-7/h12H,3-4H2,1-2H3/b9-5+. The smallest absolute Gasteiger partial charge is 0.155 e. The molecule has 0 aliphatic heterocycles. The highest BCUT2D eigenvalue weighted by molar-refractivity contribution is 6.00. The summed E-state index contributed by atoms with van der Waals surface area (Å²) < 4.78 is 4.60. The van der Waals surface area contributed by atoms with Gasteiger partial charge in [-0.25, -0.2) is 4.63 Å². The van der Waals surface area contributed by atoms with Crippen molar-refractivity contribution >= 4 is 5.71 Å². The molecular weight excluding hydrogens is 170 g/mol. The average molecular weight is 181 g/mol. The Kier molecular flexibility index (Phi) is 1.61. The van der Waals surface area contributed by atoms with Crippen LogP contribution in [0.4, 0.5) is 0 Å². The summed E-state index contributed by atoms with van der Waals surface area (Å²) in [6, 6.07) is 0. The Labute approximate surface area is 75.4 Å². The maximum Gasteiger partial charge on any atom is 0.155 e. The van der Waals surface area contributed by atoms with Crippen LogP contribution in [0, 0.1) is 5.41 Å². The van der Waals surface area contributed by atoms with Gasteiger partial charge in [0.1, 0.15) is 11.4 Å². The van der Waals surface area contributed by atoms with Crippen molar-refractivity contribution in [2.24, 2.45) is 10.6 Å². The Balaban J connectivity index is 2.48. The van der Waals surface area contributed by atoms with Gasteiger partial charge in [-0.3, -0.25) is 0 Å². The third kappa shape index (κ3) is 1.30. The van der Waals surface area contributed by atoms with Crippen LogP contribution >= 0.6 is 0 Å². The Bertz CT molecular complexity index is 354. The quantitative estimate of drug-likeness (QED) is 0.482. The van der Waals surface area contributed by atoms with E-state index in [1.807, 2.05) is 0 Å². The summed E-state index contributed by atoms with van der Waals surface area (Å²) in [6.45, 7) is 4.19. The van der Waals surface area contributed by atoms with Crippen LogP contribution in [0.2, 0.25) is 0 Å². The normalized spacial score (nSPS) is 23.1. The first-order chi connectivity index (χ1) is 6.12. The number of aromatic nitrogens is 2. The van der Waals surface area contributed by atoms with Gasteiger partial charge in [0.15, 0.2) is 5.69 Å². The van der Waals surface area contributed by atoms with Gasteiger partial charge in [-0.15, -0.1) is 0 Å². The molecule has 1 N–H and O–H groups in total. The Morgan fingerprint density at radius 1 is 1.38 bits per heavy atom. The molecule has 5 heteroatoms. The zero-order chi connectivity index (χ0) is 9.47. The second-order valence-electron chi connectivity index (χ2n) is 4.12. The van der Waals surface area contributed by atoms with Gasteiger partial charge in [0.2, 0.25) is 0 Å². The molecular formula is C8H11N3O2. The van der Waals surface area contributed by atoms with E-state index < -0.39 is 0 Å². The van der Waals surface area contributed by atoms with Crippen molar-refractivity contribution in [3.05, 3.63) is 11.4 Å². The number of nitrogens with zero attached hydrogens (tertiary/aromatic N) is 3. The molecule has 13 heavy (non-hydrogen) atoms. The largest absolute Gasteiger partial charge is 0.411 e. The topological polar surface area (TPSA) is 71.5 Å². The summed E-state index contributed by atoms with van der Waals surface area (Å²) in [6.07, 6.45) is 1.51. The first-order valence-electron chi connectivity index (χ1n) is 4.15. The Hall–Kier alpha value is -1.39. The van der Waals surface area contributed by atoms with E-state index in [2.05, 4.69) is 33.9 Å². The van der Waals surface area contributed by atoms with Gasteiger partial charge in [0.25, 0.3) is 0 Å². The lowest BCUT2D eigenvalue weighted by Crippen LogP contribution is -2.27. The van der Waals surface area contributed by atoms with E-state index in [-0.39, 0.29) is 5.41 Å². The van der Waals surface area contributed by atoms with Crippen molar-refractivity contribution in [1.82, 2.24) is 10.3 Å².